The molecule has 5 heteroatoms. The summed E-state index contributed by atoms with van der Waals surface area (Å²) in [6.07, 6.45) is 0. The highest BCUT2D eigenvalue weighted by atomic mass is 35.5. The van der Waals surface area contributed by atoms with Crippen molar-refractivity contribution in [3.63, 3.8) is 0 Å². The minimum absolute atomic E-state index is 0. The molecule has 1 rings (SSSR count). The number of aliphatic carboxylic acids is 1. The number of nitrogens with two attached hydrogens (primary N) is 1. The summed E-state index contributed by atoms with van der Waals surface area (Å²) in [4.78, 5) is 10.7. The van der Waals surface area contributed by atoms with Gasteiger partial charge in [0.05, 0.1) is 0 Å². The van der Waals surface area contributed by atoms with E-state index in [0.29, 0.717) is 10.6 Å². The molecule has 1 aromatic rings. The van der Waals surface area contributed by atoms with Crippen LogP contribution < -0.4 is 5.73 Å². The highest BCUT2D eigenvalue weighted by molar-refractivity contribution is 6.30. The summed E-state index contributed by atoms with van der Waals surface area (Å²) in [6.45, 7) is 1.44. The Balaban J connectivity index is 0.00000169. The third-order valence-corrected chi connectivity index (χ3v) is 2.14. The van der Waals surface area contributed by atoms with Crippen molar-refractivity contribution in [1.82, 2.24) is 0 Å². The summed E-state index contributed by atoms with van der Waals surface area (Å²) in [5, 5.41) is 9.37. The first-order valence-corrected chi connectivity index (χ1v) is 4.10. The fourth-order valence-corrected chi connectivity index (χ4v) is 1.05. The number of hydrogen-bond donors (Lipinski definition) is 2. The monoisotopic (exact) mass is 235 g/mol. The molecule has 3 N–H and O–H groups in total. The van der Waals surface area contributed by atoms with Gasteiger partial charge in [-0.1, -0.05) is 23.7 Å². The highest BCUT2D eigenvalue weighted by Crippen LogP contribution is 2.19. The van der Waals surface area contributed by atoms with Crippen LogP contribution in [0.3, 0.4) is 0 Å². The van der Waals surface area contributed by atoms with Crippen molar-refractivity contribution in [2.75, 3.05) is 0 Å². The lowest BCUT2D eigenvalue weighted by molar-refractivity contribution is -0.143. The summed E-state index contributed by atoms with van der Waals surface area (Å²) >= 11 is 5.65. The average molecular weight is 236 g/mol. The molecular weight excluding hydrogens is 225 g/mol. The summed E-state index contributed by atoms with van der Waals surface area (Å²) < 4.78 is 0. The van der Waals surface area contributed by atoms with E-state index in [1.807, 2.05) is 0 Å². The SMILES string of the molecule is C[C@@](N)(C(=O)O)c1ccc(Cl)cc1.Cl. The zero-order valence-corrected chi connectivity index (χ0v) is 9.10. The number of carboxylic acid groups (broad SMARTS) is 1. The van der Waals surface area contributed by atoms with Gasteiger partial charge in [-0.3, -0.25) is 0 Å². The molecule has 0 amide bonds. The van der Waals surface area contributed by atoms with Crippen molar-refractivity contribution >= 4 is 30.0 Å². The first-order valence-electron chi connectivity index (χ1n) is 3.73. The van der Waals surface area contributed by atoms with Gasteiger partial charge in [0.15, 0.2) is 0 Å². The number of rotatable bonds is 2. The molecule has 0 aliphatic carbocycles. The van der Waals surface area contributed by atoms with Gasteiger partial charge in [-0.2, -0.15) is 0 Å². The third kappa shape index (κ3) is 2.61. The third-order valence-electron chi connectivity index (χ3n) is 1.89. The minimum atomic E-state index is -1.36. The summed E-state index contributed by atoms with van der Waals surface area (Å²) in [5.41, 5.74) is 4.76. The van der Waals surface area contributed by atoms with E-state index in [-0.39, 0.29) is 12.4 Å². The molecule has 0 fully saturated rings. The lowest BCUT2D eigenvalue weighted by atomic mass is 9.94. The largest absolute Gasteiger partial charge is 0.480 e. The number of hydrogen-bond acceptors (Lipinski definition) is 2. The maximum Gasteiger partial charge on any atom is 0.328 e. The minimum Gasteiger partial charge on any atom is -0.480 e. The number of carbonyl (C=O) groups is 1. The Morgan fingerprint density at radius 2 is 1.86 bits per heavy atom. The molecule has 0 heterocycles. The predicted molar refractivity (Wildman–Crippen MR) is 57.9 cm³/mol. The lowest BCUT2D eigenvalue weighted by Crippen LogP contribution is -2.41. The fraction of sp³-hybridized carbons (Fsp3) is 0.222. The van der Waals surface area contributed by atoms with Crippen LogP contribution in [0.2, 0.25) is 5.02 Å². The topological polar surface area (TPSA) is 63.3 Å². The molecule has 0 unspecified atom stereocenters. The normalized spacial score (nSPS) is 13.9. The Kier molecular flexibility index (Phi) is 4.39. The zero-order valence-electron chi connectivity index (χ0n) is 7.53. The summed E-state index contributed by atoms with van der Waals surface area (Å²) in [6, 6.07) is 6.45. The Morgan fingerprint density at radius 1 is 1.43 bits per heavy atom. The van der Waals surface area contributed by atoms with Crippen LogP contribution in [0.1, 0.15) is 12.5 Å². The molecule has 14 heavy (non-hydrogen) atoms. The highest BCUT2D eigenvalue weighted by Gasteiger charge is 2.29. The van der Waals surface area contributed by atoms with Gasteiger partial charge in [-0.05, 0) is 24.6 Å². The van der Waals surface area contributed by atoms with Crippen molar-refractivity contribution in [3.05, 3.63) is 34.9 Å². The van der Waals surface area contributed by atoms with Crippen LogP contribution >= 0.6 is 24.0 Å². The zero-order chi connectivity index (χ0) is 10.1. The quantitative estimate of drug-likeness (QED) is 0.825. The average Bonchev–Trinajstić information content (AvgIpc) is 2.04. The molecule has 0 aromatic heterocycles. The molecule has 1 aromatic carbocycles. The van der Waals surface area contributed by atoms with Gasteiger partial charge in [-0.25, -0.2) is 4.79 Å². The van der Waals surface area contributed by atoms with Crippen LogP contribution in [0.5, 0.6) is 0 Å². The number of benzene rings is 1. The smallest absolute Gasteiger partial charge is 0.328 e. The van der Waals surface area contributed by atoms with E-state index in [4.69, 9.17) is 22.4 Å². The van der Waals surface area contributed by atoms with Crippen LogP contribution in [0.25, 0.3) is 0 Å². The second kappa shape index (κ2) is 4.64. The fourth-order valence-electron chi connectivity index (χ4n) is 0.920. The van der Waals surface area contributed by atoms with Crippen molar-refractivity contribution in [2.24, 2.45) is 5.73 Å². The van der Waals surface area contributed by atoms with E-state index in [1.165, 1.54) is 6.92 Å². The molecule has 0 saturated carbocycles. The molecular formula is C9H11Cl2NO2. The standard InChI is InChI=1S/C9H10ClNO2.ClH/c1-9(11,8(12)13)6-2-4-7(10)5-3-6;/h2-5H,11H2,1H3,(H,12,13);1H/t9-;/m0./s1. The van der Waals surface area contributed by atoms with Crippen LogP contribution in [0.15, 0.2) is 24.3 Å². The molecule has 0 bridgehead atoms. The molecule has 0 saturated heterocycles. The maximum atomic E-state index is 10.7. The first kappa shape index (κ1) is 13.2. The molecule has 3 nitrogen and oxygen atoms in total. The van der Waals surface area contributed by atoms with Crippen LogP contribution in [-0.4, -0.2) is 11.1 Å². The Bertz CT molecular complexity index is 322. The lowest BCUT2D eigenvalue weighted by Gasteiger charge is -2.19. The van der Waals surface area contributed by atoms with Crippen molar-refractivity contribution in [3.8, 4) is 0 Å². The Morgan fingerprint density at radius 3 is 2.21 bits per heavy atom. The molecule has 0 spiro atoms. The molecule has 78 valence electrons. The van der Waals surface area contributed by atoms with Gasteiger partial charge in [0.1, 0.15) is 5.54 Å². The van der Waals surface area contributed by atoms with E-state index >= 15 is 0 Å². The predicted octanol–water partition coefficient (Wildman–Crippen LogP) is 2.02. The maximum absolute atomic E-state index is 10.7. The van der Waals surface area contributed by atoms with Crippen LogP contribution in [0, 0.1) is 0 Å². The summed E-state index contributed by atoms with van der Waals surface area (Å²) in [7, 11) is 0. The van der Waals surface area contributed by atoms with Gasteiger partial charge < -0.3 is 10.8 Å². The molecule has 1 atom stereocenters. The second-order valence-corrected chi connectivity index (χ2v) is 3.45. The van der Waals surface area contributed by atoms with Gasteiger partial charge in [0.25, 0.3) is 0 Å². The van der Waals surface area contributed by atoms with Gasteiger partial charge in [-0.15, -0.1) is 12.4 Å². The van der Waals surface area contributed by atoms with E-state index in [1.54, 1.807) is 24.3 Å². The molecule has 0 aliphatic rings. The van der Waals surface area contributed by atoms with Crippen molar-refractivity contribution in [1.29, 1.82) is 0 Å². The van der Waals surface area contributed by atoms with Gasteiger partial charge in [0, 0.05) is 5.02 Å². The first-order chi connectivity index (χ1) is 5.94. The number of carboxylic acids is 1. The van der Waals surface area contributed by atoms with Crippen LogP contribution in [0.4, 0.5) is 0 Å². The van der Waals surface area contributed by atoms with Crippen molar-refractivity contribution in [2.45, 2.75) is 12.5 Å². The second-order valence-electron chi connectivity index (χ2n) is 3.01. The van der Waals surface area contributed by atoms with Gasteiger partial charge >= 0.3 is 5.97 Å². The van der Waals surface area contributed by atoms with Gasteiger partial charge in [0.2, 0.25) is 0 Å². The molecule has 0 radical (unpaired) electrons. The van der Waals surface area contributed by atoms with E-state index in [2.05, 4.69) is 0 Å². The van der Waals surface area contributed by atoms with E-state index in [9.17, 15) is 4.79 Å². The van der Waals surface area contributed by atoms with Crippen molar-refractivity contribution < 1.29 is 9.90 Å². The Labute approximate surface area is 93.3 Å². The van der Waals surface area contributed by atoms with Crippen LogP contribution in [-0.2, 0) is 10.3 Å². The summed E-state index contributed by atoms with van der Waals surface area (Å²) in [5.74, 6) is -1.06. The number of halogens is 2. The van der Waals surface area contributed by atoms with E-state index in [0.717, 1.165) is 0 Å². The van der Waals surface area contributed by atoms with E-state index < -0.39 is 11.5 Å². The molecule has 0 aliphatic heterocycles. The Hall–Kier alpha value is -0.770.